The Kier molecular flexibility index (Phi) is 7.85. The van der Waals surface area contributed by atoms with E-state index in [1.54, 1.807) is 11.0 Å². The van der Waals surface area contributed by atoms with Gasteiger partial charge in [-0.25, -0.2) is 0 Å². The fraction of sp³-hybridized carbons (Fsp3) is 0.280. The summed E-state index contributed by atoms with van der Waals surface area (Å²) >= 11 is 1.35. The molecule has 1 aromatic heterocycles. The molecule has 1 amide bonds. The maximum absolute atomic E-state index is 13.2. The summed E-state index contributed by atoms with van der Waals surface area (Å²) in [5, 5.41) is 18.5. The standard InChI is InChI=1S/C25H27N5OS/c1-5-14-30-24(21-11-6-9-18(2)16-21)27-28-25(30)32-17-23(31)29(15-8-13-26)22-12-7-10-19(3)20(22)4/h5-7,9-12,16H,1,8,14-15,17H2,2-4H3. The second-order valence-corrected chi connectivity index (χ2v) is 8.48. The summed E-state index contributed by atoms with van der Waals surface area (Å²) in [6.07, 6.45) is 2.07. The molecule has 0 unspecified atom stereocenters. The number of anilines is 1. The molecule has 0 bridgehead atoms. The molecule has 7 heteroatoms. The number of nitriles is 1. The van der Waals surface area contributed by atoms with E-state index in [0.717, 1.165) is 33.8 Å². The molecule has 2 aromatic carbocycles. The van der Waals surface area contributed by atoms with Crippen molar-refractivity contribution in [3.05, 3.63) is 71.8 Å². The van der Waals surface area contributed by atoms with E-state index in [1.165, 1.54) is 11.8 Å². The van der Waals surface area contributed by atoms with Crippen molar-refractivity contribution in [1.29, 1.82) is 5.26 Å². The van der Waals surface area contributed by atoms with Crippen LogP contribution in [0.4, 0.5) is 5.69 Å². The molecule has 0 spiro atoms. The van der Waals surface area contributed by atoms with E-state index in [0.29, 0.717) is 18.2 Å². The molecular weight excluding hydrogens is 418 g/mol. The van der Waals surface area contributed by atoms with Crippen LogP contribution >= 0.6 is 11.8 Å². The normalized spacial score (nSPS) is 10.6. The number of hydrogen-bond acceptors (Lipinski definition) is 5. The van der Waals surface area contributed by atoms with Crippen LogP contribution in [0.1, 0.15) is 23.1 Å². The molecule has 32 heavy (non-hydrogen) atoms. The van der Waals surface area contributed by atoms with Crippen LogP contribution in [0.3, 0.4) is 0 Å². The lowest BCUT2D eigenvalue weighted by Gasteiger charge is -2.24. The average molecular weight is 446 g/mol. The van der Waals surface area contributed by atoms with Gasteiger partial charge in [0.2, 0.25) is 5.91 Å². The van der Waals surface area contributed by atoms with Crippen molar-refractivity contribution in [1.82, 2.24) is 14.8 Å². The van der Waals surface area contributed by atoms with Gasteiger partial charge in [-0.05, 0) is 44.0 Å². The van der Waals surface area contributed by atoms with Crippen LogP contribution in [0, 0.1) is 32.1 Å². The van der Waals surface area contributed by atoms with Crippen LogP contribution in [0.5, 0.6) is 0 Å². The highest BCUT2D eigenvalue weighted by Crippen LogP contribution is 2.27. The van der Waals surface area contributed by atoms with Gasteiger partial charge in [-0.1, -0.05) is 53.7 Å². The Labute approximate surface area is 193 Å². The molecule has 0 radical (unpaired) electrons. The highest BCUT2D eigenvalue weighted by atomic mass is 32.2. The maximum atomic E-state index is 13.2. The first kappa shape index (κ1) is 23.3. The molecule has 6 nitrogen and oxygen atoms in total. The highest BCUT2D eigenvalue weighted by molar-refractivity contribution is 7.99. The number of aryl methyl sites for hydroxylation is 2. The number of rotatable bonds is 9. The Bertz CT molecular complexity index is 1160. The zero-order valence-corrected chi connectivity index (χ0v) is 19.5. The Balaban J connectivity index is 1.84. The van der Waals surface area contributed by atoms with Crippen LogP contribution in [0.15, 0.2) is 60.3 Å². The summed E-state index contributed by atoms with van der Waals surface area (Å²) in [6, 6.07) is 16.1. The highest BCUT2D eigenvalue weighted by Gasteiger charge is 2.20. The molecular formula is C25H27N5OS. The monoisotopic (exact) mass is 445 g/mol. The van der Waals surface area contributed by atoms with E-state index in [1.807, 2.05) is 61.7 Å². The molecule has 164 valence electrons. The minimum Gasteiger partial charge on any atom is -0.310 e. The SMILES string of the molecule is C=CCn1c(SCC(=O)N(CCC#N)c2cccc(C)c2C)nnc1-c1cccc(C)c1. The van der Waals surface area contributed by atoms with Crippen molar-refractivity contribution in [3.8, 4) is 17.5 Å². The summed E-state index contributed by atoms with van der Waals surface area (Å²) in [5.41, 5.74) is 5.11. The number of hydrogen-bond donors (Lipinski definition) is 0. The molecule has 0 aliphatic heterocycles. The predicted molar refractivity (Wildman–Crippen MR) is 130 cm³/mol. The second-order valence-electron chi connectivity index (χ2n) is 7.54. The lowest BCUT2D eigenvalue weighted by atomic mass is 10.1. The average Bonchev–Trinajstić information content (AvgIpc) is 3.18. The number of nitrogens with zero attached hydrogens (tertiary/aromatic N) is 5. The molecule has 0 N–H and O–H groups in total. The van der Waals surface area contributed by atoms with Gasteiger partial charge in [0, 0.05) is 24.3 Å². The second kappa shape index (κ2) is 10.8. The Morgan fingerprint density at radius 3 is 2.72 bits per heavy atom. The Hall–Kier alpha value is -3.37. The smallest absolute Gasteiger partial charge is 0.237 e. The van der Waals surface area contributed by atoms with Gasteiger partial charge in [0.25, 0.3) is 0 Å². The van der Waals surface area contributed by atoms with Crippen molar-refractivity contribution in [2.45, 2.75) is 38.9 Å². The number of carbonyl (C=O) groups is 1. The number of carbonyl (C=O) groups excluding carboxylic acids is 1. The van der Waals surface area contributed by atoms with E-state index >= 15 is 0 Å². The van der Waals surface area contributed by atoms with Gasteiger partial charge in [-0.2, -0.15) is 5.26 Å². The third kappa shape index (κ3) is 5.27. The molecule has 0 fully saturated rings. The largest absolute Gasteiger partial charge is 0.310 e. The van der Waals surface area contributed by atoms with E-state index in [4.69, 9.17) is 5.26 Å². The third-order valence-corrected chi connectivity index (χ3v) is 6.20. The summed E-state index contributed by atoms with van der Waals surface area (Å²) in [6.45, 7) is 10.8. The minimum absolute atomic E-state index is 0.0655. The summed E-state index contributed by atoms with van der Waals surface area (Å²) < 4.78 is 1.97. The Morgan fingerprint density at radius 1 is 1.22 bits per heavy atom. The van der Waals surface area contributed by atoms with Gasteiger partial charge >= 0.3 is 0 Å². The molecule has 0 saturated heterocycles. The Morgan fingerprint density at radius 2 is 2.00 bits per heavy atom. The molecule has 1 heterocycles. The quantitative estimate of drug-likeness (QED) is 0.339. The lowest BCUT2D eigenvalue weighted by Crippen LogP contribution is -2.34. The van der Waals surface area contributed by atoms with Gasteiger partial charge in [0.15, 0.2) is 11.0 Å². The van der Waals surface area contributed by atoms with Gasteiger partial charge in [0.05, 0.1) is 18.2 Å². The van der Waals surface area contributed by atoms with Crippen molar-refractivity contribution in [3.63, 3.8) is 0 Å². The van der Waals surface area contributed by atoms with Gasteiger partial charge in [-0.15, -0.1) is 16.8 Å². The van der Waals surface area contributed by atoms with Gasteiger partial charge < -0.3 is 4.90 Å². The van der Waals surface area contributed by atoms with E-state index in [-0.39, 0.29) is 18.1 Å². The van der Waals surface area contributed by atoms with Crippen LogP contribution in [0.25, 0.3) is 11.4 Å². The van der Waals surface area contributed by atoms with Crippen molar-refractivity contribution < 1.29 is 4.79 Å². The maximum Gasteiger partial charge on any atom is 0.237 e. The number of aromatic nitrogens is 3. The lowest BCUT2D eigenvalue weighted by molar-refractivity contribution is -0.116. The molecule has 0 aliphatic rings. The molecule has 0 saturated carbocycles. The van der Waals surface area contributed by atoms with E-state index in [9.17, 15) is 4.79 Å². The zero-order valence-electron chi connectivity index (χ0n) is 18.7. The van der Waals surface area contributed by atoms with Crippen molar-refractivity contribution in [2.75, 3.05) is 17.2 Å². The first-order chi connectivity index (χ1) is 15.5. The topological polar surface area (TPSA) is 74.8 Å². The van der Waals surface area contributed by atoms with Gasteiger partial charge in [-0.3, -0.25) is 9.36 Å². The van der Waals surface area contributed by atoms with Crippen molar-refractivity contribution >= 4 is 23.4 Å². The number of amides is 1. The summed E-state index contributed by atoms with van der Waals surface area (Å²) in [5.74, 6) is 0.880. The van der Waals surface area contributed by atoms with Crippen LogP contribution < -0.4 is 4.90 Å². The predicted octanol–water partition coefficient (Wildman–Crippen LogP) is 5.10. The van der Waals surface area contributed by atoms with Crippen LogP contribution in [0.2, 0.25) is 0 Å². The first-order valence-electron chi connectivity index (χ1n) is 10.4. The fourth-order valence-corrected chi connectivity index (χ4v) is 4.28. The zero-order chi connectivity index (χ0) is 23.1. The number of benzene rings is 2. The van der Waals surface area contributed by atoms with Crippen LogP contribution in [-0.4, -0.2) is 33.0 Å². The number of thioether (sulfide) groups is 1. The first-order valence-corrected chi connectivity index (χ1v) is 11.4. The van der Waals surface area contributed by atoms with E-state index in [2.05, 4.69) is 28.9 Å². The fourth-order valence-electron chi connectivity index (χ4n) is 3.46. The molecule has 3 aromatic rings. The minimum atomic E-state index is -0.0655. The molecule has 3 rings (SSSR count). The molecule has 0 aliphatic carbocycles. The molecule has 0 atom stereocenters. The summed E-state index contributed by atoms with van der Waals surface area (Å²) in [4.78, 5) is 14.9. The third-order valence-electron chi connectivity index (χ3n) is 5.24. The number of allylic oxidation sites excluding steroid dienone is 1. The van der Waals surface area contributed by atoms with E-state index < -0.39 is 0 Å². The van der Waals surface area contributed by atoms with Crippen LogP contribution in [-0.2, 0) is 11.3 Å². The van der Waals surface area contributed by atoms with Crippen molar-refractivity contribution in [2.24, 2.45) is 0 Å². The summed E-state index contributed by atoms with van der Waals surface area (Å²) in [7, 11) is 0. The van der Waals surface area contributed by atoms with Gasteiger partial charge in [0.1, 0.15) is 0 Å².